The van der Waals surface area contributed by atoms with E-state index in [0.29, 0.717) is 0 Å². The maximum Gasteiger partial charge on any atom is 0.0701 e. The van der Waals surface area contributed by atoms with E-state index >= 15 is 0 Å². The first-order valence-corrected chi connectivity index (χ1v) is 6.45. The van der Waals surface area contributed by atoms with E-state index in [1.807, 2.05) is 0 Å². The van der Waals surface area contributed by atoms with E-state index in [-0.39, 0.29) is 0 Å². The lowest BCUT2D eigenvalue weighted by molar-refractivity contribution is 0.722. The number of rotatable bonds is 6. The van der Waals surface area contributed by atoms with Crippen molar-refractivity contribution in [3.8, 4) is 0 Å². The Bertz CT molecular complexity index is 293. The van der Waals surface area contributed by atoms with Crippen molar-refractivity contribution in [2.24, 2.45) is 0 Å². The molecule has 0 fully saturated rings. The molecule has 1 aromatic heterocycles. The molecule has 1 rings (SSSR count). The molecule has 0 saturated heterocycles. The lowest BCUT2D eigenvalue weighted by Crippen LogP contribution is -2.19. The van der Waals surface area contributed by atoms with Crippen molar-refractivity contribution in [1.82, 2.24) is 5.32 Å². The van der Waals surface area contributed by atoms with Crippen molar-refractivity contribution in [1.29, 1.82) is 0 Å². The van der Waals surface area contributed by atoms with Gasteiger partial charge in [0.05, 0.1) is 3.79 Å². The van der Waals surface area contributed by atoms with E-state index in [1.165, 1.54) is 14.2 Å². The van der Waals surface area contributed by atoms with Crippen LogP contribution in [-0.2, 0) is 6.42 Å². The molecule has 0 aliphatic rings. The van der Waals surface area contributed by atoms with Gasteiger partial charge in [-0.2, -0.15) is 0 Å². The summed E-state index contributed by atoms with van der Waals surface area (Å²) < 4.78 is 1.21. The van der Waals surface area contributed by atoms with Gasteiger partial charge >= 0.3 is 0 Å². The van der Waals surface area contributed by atoms with Crippen LogP contribution >= 0.6 is 27.3 Å². The first kappa shape index (κ1) is 12.0. The van der Waals surface area contributed by atoms with Gasteiger partial charge in [0.15, 0.2) is 0 Å². The molecule has 1 heterocycles. The molecule has 0 atom stereocenters. The average molecular weight is 274 g/mol. The molecule has 0 spiro atoms. The highest BCUT2D eigenvalue weighted by atomic mass is 79.9. The molecule has 0 unspecified atom stereocenters. The van der Waals surface area contributed by atoms with Gasteiger partial charge in [0.25, 0.3) is 0 Å². The highest BCUT2D eigenvalue weighted by Gasteiger charge is 1.97. The van der Waals surface area contributed by atoms with Crippen molar-refractivity contribution in [2.75, 3.05) is 13.1 Å². The van der Waals surface area contributed by atoms with Crippen LogP contribution < -0.4 is 5.32 Å². The fraction of sp³-hybridized carbons (Fsp3) is 0.455. The summed E-state index contributed by atoms with van der Waals surface area (Å²) in [5.74, 6) is 0. The zero-order chi connectivity index (χ0) is 10.4. The quantitative estimate of drug-likeness (QED) is 0.617. The predicted molar refractivity (Wildman–Crippen MR) is 68.0 cm³/mol. The molecule has 1 aromatic rings. The van der Waals surface area contributed by atoms with Gasteiger partial charge in [0, 0.05) is 18.0 Å². The minimum atomic E-state index is 0.947. The predicted octanol–water partition coefficient (Wildman–Crippen LogP) is 3.61. The van der Waals surface area contributed by atoms with Crippen molar-refractivity contribution in [2.45, 2.75) is 19.8 Å². The summed E-state index contributed by atoms with van der Waals surface area (Å²) in [4.78, 5) is 1.42. The zero-order valence-electron chi connectivity index (χ0n) is 8.48. The summed E-state index contributed by atoms with van der Waals surface area (Å²) in [6.07, 6.45) is 2.17. The molecule has 3 heteroatoms. The second-order valence-electron chi connectivity index (χ2n) is 3.24. The molecular weight excluding hydrogens is 258 g/mol. The number of hydrogen-bond donors (Lipinski definition) is 1. The first-order chi connectivity index (χ1) is 6.72. The van der Waals surface area contributed by atoms with E-state index < -0.39 is 0 Å². The number of halogens is 1. The van der Waals surface area contributed by atoms with Crippen LogP contribution in [0.15, 0.2) is 28.1 Å². The minimum Gasteiger partial charge on any atom is -0.313 e. The molecule has 78 valence electrons. The summed E-state index contributed by atoms with van der Waals surface area (Å²) in [6, 6.07) is 4.27. The smallest absolute Gasteiger partial charge is 0.0701 e. The van der Waals surface area contributed by atoms with Crippen molar-refractivity contribution < 1.29 is 0 Å². The molecule has 0 saturated carbocycles. The average Bonchev–Trinajstić information content (AvgIpc) is 2.58. The van der Waals surface area contributed by atoms with Gasteiger partial charge in [0.2, 0.25) is 0 Å². The van der Waals surface area contributed by atoms with Crippen molar-refractivity contribution in [3.05, 3.63) is 32.9 Å². The van der Waals surface area contributed by atoms with Crippen LogP contribution in [0.25, 0.3) is 0 Å². The van der Waals surface area contributed by atoms with Gasteiger partial charge in [-0.05, 0) is 40.9 Å². The fourth-order valence-corrected chi connectivity index (χ4v) is 2.57. The van der Waals surface area contributed by atoms with E-state index in [4.69, 9.17) is 0 Å². The topological polar surface area (TPSA) is 12.0 Å². The molecule has 0 aliphatic heterocycles. The zero-order valence-corrected chi connectivity index (χ0v) is 10.9. The Balaban J connectivity index is 2.13. The number of nitrogens with one attached hydrogen (secondary N) is 1. The fourth-order valence-electron chi connectivity index (χ4n) is 1.09. The molecule has 1 N–H and O–H groups in total. The molecule has 0 aliphatic carbocycles. The van der Waals surface area contributed by atoms with Gasteiger partial charge in [-0.3, -0.25) is 0 Å². The molecule has 0 aromatic carbocycles. The second kappa shape index (κ2) is 6.38. The Morgan fingerprint density at radius 1 is 1.57 bits per heavy atom. The third-order valence-electron chi connectivity index (χ3n) is 2.05. The van der Waals surface area contributed by atoms with Crippen molar-refractivity contribution in [3.63, 3.8) is 0 Å². The molecule has 1 nitrogen and oxygen atoms in total. The van der Waals surface area contributed by atoms with Crippen LogP contribution in [0.2, 0.25) is 0 Å². The third kappa shape index (κ3) is 4.40. The Hall–Kier alpha value is -0.120. The summed E-state index contributed by atoms with van der Waals surface area (Å²) in [7, 11) is 0. The molecular formula is C11H16BrNS. The Labute approximate surface area is 98.4 Å². The number of hydrogen-bond acceptors (Lipinski definition) is 2. The van der Waals surface area contributed by atoms with Crippen LogP contribution in [0.5, 0.6) is 0 Å². The Morgan fingerprint density at radius 3 is 2.93 bits per heavy atom. The van der Waals surface area contributed by atoms with Crippen LogP contribution in [0.4, 0.5) is 0 Å². The van der Waals surface area contributed by atoms with Crippen LogP contribution in [0, 0.1) is 0 Å². The van der Waals surface area contributed by atoms with Gasteiger partial charge in [0.1, 0.15) is 0 Å². The summed E-state index contributed by atoms with van der Waals surface area (Å²) >= 11 is 5.27. The maximum atomic E-state index is 3.95. The second-order valence-corrected chi connectivity index (χ2v) is 5.78. The third-order valence-corrected chi connectivity index (χ3v) is 3.74. The SMILES string of the molecule is C=C(CC)CNCCc1ccc(Br)s1. The normalized spacial score (nSPS) is 10.4. The van der Waals surface area contributed by atoms with Crippen molar-refractivity contribution >= 4 is 27.3 Å². The molecule has 0 radical (unpaired) electrons. The van der Waals surface area contributed by atoms with E-state index in [9.17, 15) is 0 Å². The summed E-state index contributed by atoms with van der Waals surface area (Å²) in [5.41, 5.74) is 1.28. The lowest BCUT2D eigenvalue weighted by atomic mass is 10.2. The maximum absolute atomic E-state index is 3.95. The highest BCUT2D eigenvalue weighted by molar-refractivity contribution is 9.11. The standard InChI is InChI=1S/C11H16BrNS/c1-3-9(2)8-13-7-6-10-4-5-11(12)14-10/h4-5,13H,2-3,6-8H2,1H3. The van der Waals surface area contributed by atoms with Crippen LogP contribution in [0.1, 0.15) is 18.2 Å². The first-order valence-electron chi connectivity index (χ1n) is 4.84. The van der Waals surface area contributed by atoms with Gasteiger partial charge in [-0.1, -0.05) is 19.1 Å². The molecule has 14 heavy (non-hydrogen) atoms. The van der Waals surface area contributed by atoms with Gasteiger partial charge in [-0.25, -0.2) is 0 Å². The Morgan fingerprint density at radius 2 is 2.36 bits per heavy atom. The minimum absolute atomic E-state index is 0.947. The van der Waals surface area contributed by atoms with E-state index in [1.54, 1.807) is 11.3 Å². The van der Waals surface area contributed by atoms with Gasteiger partial charge in [-0.15, -0.1) is 11.3 Å². The largest absolute Gasteiger partial charge is 0.313 e. The monoisotopic (exact) mass is 273 g/mol. The van der Waals surface area contributed by atoms with E-state index in [0.717, 1.165) is 25.9 Å². The van der Waals surface area contributed by atoms with Crippen LogP contribution in [0.3, 0.4) is 0 Å². The highest BCUT2D eigenvalue weighted by Crippen LogP contribution is 2.21. The Kier molecular flexibility index (Phi) is 5.45. The molecule has 0 amide bonds. The summed E-state index contributed by atoms with van der Waals surface area (Å²) in [5, 5.41) is 3.39. The number of thiophene rings is 1. The van der Waals surface area contributed by atoms with E-state index in [2.05, 4.69) is 46.9 Å². The van der Waals surface area contributed by atoms with Crippen LogP contribution in [-0.4, -0.2) is 13.1 Å². The van der Waals surface area contributed by atoms with Gasteiger partial charge < -0.3 is 5.32 Å². The lowest BCUT2D eigenvalue weighted by Gasteiger charge is -2.04. The summed E-state index contributed by atoms with van der Waals surface area (Å²) in [6.45, 7) is 8.07. The molecule has 0 bridgehead atoms.